The van der Waals surface area contributed by atoms with Crippen LogP contribution in [0, 0.1) is 0 Å². The standard InChI is InChI=1S/C16H17ClO3/c17-8-3-9-19-11-6-7-13-12-4-1-2-5-14(12)16(18)20-15(13)10-11/h6-7,10H,1-5,8-9H2. The van der Waals surface area contributed by atoms with E-state index in [0.29, 0.717) is 18.1 Å². The van der Waals surface area contributed by atoms with Crippen molar-refractivity contribution in [1.82, 2.24) is 0 Å². The Morgan fingerprint density at radius 2 is 2.00 bits per heavy atom. The molecular formula is C16H17ClO3. The molecule has 0 saturated carbocycles. The van der Waals surface area contributed by atoms with Gasteiger partial charge in [-0.15, -0.1) is 11.6 Å². The zero-order chi connectivity index (χ0) is 13.9. The van der Waals surface area contributed by atoms with Crippen LogP contribution in [0.5, 0.6) is 5.75 Å². The summed E-state index contributed by atoms with van der Waals surface area (Å²) in [6, 6.07) is 5.74. The molecule has 1 heterocycles. The highest BCUT2D eigenvalue weighted by Crippen LogP contribution is 2.29. The summed E-state index contributed by atoms with van der Waals surface area (Å²) in [6.45, 7) is 0.574. The maximum atomic E-state index is 12.0. The Balaban J connectivity index is 2.01. The van der Waals surface area contributed by atoms with Crippen molar-refractivity contribution in [2.75, 3.05) is 12.5 Å². The number of hydrogen-bond acceptors (Lipinski definition) is 3. The molecule has 0 N–H and O–H groups in total. The van der Waals surface area contributed by atoms with Gasteiger partial charge in [-0.1, -0.05) is 0 Å². The van der Waals surface area contributed by atoms with Crippen molar-refractivity contribution in [3.8, 4) is 5.75 Å². The molecule has 0 atom stereocenters. The second kappa shape index (κ2) is 5.88. The Bertz CT molecular complexity index is 675. The summed E-state index contributed by atoms with van der Waals surface area (Å²) in [4.78, 5) is 12.0. The lowest BCUT2D eigenvalue weighted by atomic mass is 9.91. The van der Waals surface area contributed by atoms with Gasteiger partial charge in [0.2, 0.25) is 0 Å². The van der Waals surface area contributed by atoms with Gasteiger partial charge in [0.05, 0.1) is 6.61 Å². The fourth-order valence-electron chi connectivity index (χ4n) is 2.76. The number of fused-ring (bicyclic) bond motifs is 3. The first-order valence-electron chi connectivity index (χ1n) is 7.07. The summed E-state index contributed by atoms with van der Waals surface area (Å²) >= 11 is 5.62. The molecule has 106 valence electrons. The van der Waals surface area contributed by atoms with Crippen molar-refractivity contribution in [3.05, 3.63) is 39.7 Å². The molecule has 0 saturated heterocycles. The molecule has 0 bridgehead atoms. The van der Waals surface area contributed by atoms with E-state index in [0.717, 1.165) is 54.4 Å². The van der Waals surface area contributed by atoms with E-state index in [1.807, 2.05) is 12.1 Å². The van der Waals surface area contributed by atoms with Crippen LogP contribution in [0.2, 0.25) is 0 Å². The Morgan fingerprint density at radius 3 is 2.80 bits per heavy atom. The van der Waals surface area contributed by atoms with E-state index >= 15 is 0 Å². The molecule has 0 radical (unpaired) electrons. The molecule has 3 rings (SSSR count). The van der Waals surface area contributed by atoms with Gasteiger partial charge < -0.3 is 9.15 Å². The summed E-state index contributed by atoms with van der Waals surface area (Å²) in [5.74, 6) is 1.30. The summed E-state index contributed by atoms with van der Waals surface area (Å²) in [6.07, 6.45) is 4.81. The molecule has 0 unspecified atom stereocenters. The van der Waals surface area contributed by atoms with Crippen LogP contribution >= 0.6 is 11.6 Å². The molecular weight excluding hydrogens is 276 g/mol. The van der Waals surface area contributed by atoms with Crippen molar-refractivity contribution < 1.29 is 9.15 Å². The summed E-state index contributed by atoms with van der Waals surface area (Å²) in [5.41, 5.74) is 2.46. The Labute approximate surface area is 122 Å². The number of rotatable bonds is 4. The maximum absolute atomic E-state index is 12.0. The molecule has 20 heavy (non-hydrogen) atoms. The first-order chi connectivity index (χ1) is 9.79. The quantitative estimate of drug-likeness (QED) is 0.490. The number of benzene rings is 1. The minimum absolute atomic E-state index is 0.190. The number of hydrogen-bond donors (Lipinski definition) is 0. The molecule has 1 aliphatic carbocycles. The summed E-state index contributed by atoms with van der Waals surface area (Å²) < 4.78 is 11.0. The molecule has 0 amide bonds. The minimum Gasteiger partial charge on any atom is -0.493 e. The van der Waals surface area contributed by atoms with Gasteiger partial charge >= 0.3 is 5.63 Å². The van der Waals surface area contributed by atoms with E-state index in [1.54, 1.807) is 6.07 Å². The van der Waals surface area contributed by atoms with Gasteiger partial charge in [-0.25, -0.2) is 4.79 Å². The van der Waals surface area contributed by atoms with Crippen LogP contribution in [0.25, 0.3) is 11.0 Å². The van der Waals surface area contributed by atoms with E-state index in [4.69, 9.17) is 20.8 Å². The van der Waals surface area contributed by atoms with Gasteiger partial charge in [-0.2, -0.15) is 0 Å². The molecule has 3 nitrogen and oxygen atoms in total. The fourth-order valence-corrected chi connectivity index (χ4v) is 2.87. The van der Waals surface area contributed by atoms with E-state index in [1.165, 1.54) is 0 Å². The highest BCUT2D eigenvalue weighted by atomic mass is 35.5. The lowest BCUT2D eigenvalue weighted by Gasteiger charge is -2.16. The zero-order valence-electron chi connectivity index (χ0n) is 11.3. The summed E-state index contributed by atoms with van der Waals surface area (Å²) in [5, 5.41) is 1.05. The molecule has 0 spiro atoms. The molecule has 0 aliphatic heterocycles. The molecule has 2 aromatic rings. The van der Waals surface area contributed by atoms with Crippen LogP contribution in [0.4, 0.5) is 0 Å². The lowest BCUT2D eigenvalue weighted by Crippen LogP contribution is -2.15. The van der Waals surface area contributed by atoms with E-state index < -0.39 is 0 Å². The average Bonchev–Trinajstić information content (AvgIpc) is 2.48. The van der Waals surface area contributed by atoms with E-state index in [-0.39, 0.29) is 5.63 Å². The van der Waals surface area contributed by atoms with E-state index in [9.17, 15) is 4.79 Å². The highest BCUT2D eigenvalue weighted by molar-refractivity contribution is 6.17. The SMILES string of the molecule is O=c1oc2cc(OCCCCl)ccc2c2c1CCCC2. The van der Waals surface area contributed by atoms with Crippen LogP contribution in [0.3, 0.4) is 0 Å². The normalized spacial score (nSPS) is 14.2. The van der Waals surface area contributed by atoms with Gasteiger partial charge in [-0.3, -0.25) is 0 Å². The topological polar surface area (TPSA) is 39.4 Å². The first kappa shape index (κ1) is 13.5. The third-order valence-corrected chi connectivity index (χ3v) is 4.01. The van der Waals surface area contributed by atoms with Gasteiger partial charge in [0.25, 0.3) is 0 Å². The van der Waals surface area contributed by atoms with Crippen LogP contribution in [0.1, 0.15) is 30.4 Å². The predicted octanol–water partition coefficient (Wildman–Crippen LogP) is 3.68. The molecule has 4 heteroatoms. The molecule has 0 fully saturated rings. The van der Waals surface area contributed by atoms with Crippen molar-refractivity contribution in [3.63, 3.8) is 0 Å². The molecule has 1 aromatic carbocycles. The van der Waals surface area contributed by atoms with Crippen LogP contribution in [0.15, 0.2) is 27.4 Å². The number of halogens is 1. The Kier molecular flexibility index (Phi) is 3.97. The predicted molar refractivity (Wildman–Crippen MR) is 80.0 cm³/mol. The average molecular weight is 293 g/mol. The second-order valence-electron chi connectivity index (χ2n) is 5.10. The minimum atomic E-state index is -0.190. The number of aryl methyl sites for hydroxylation is 1. The zero-order valence-corrected chi connectivity index (χ0v) is 12.0. The van der Waals surface area contributed by atoms with Gasteiger partial charge in [-0.05, 0) is 49.8 Å². The largest absolute Gasteiger partial charge is 0.493 e. The van der Waals surface area contributed by atoms with Gasteiger partial charge in [0, 0.05) is 22.9 Å². The maximum Gasteiger partial charge on any atom is 0.339 e. The Hall–Kier alpha value is -1.48. The second-order valence-corrected chi connectivity index (χ2v) is 5.48. The van der Waals surface area contributed by atoms with Crippen molar-refractivity contribution >= 4 is 22.6 Å². The number of ether oxygens (including phenoxy) is 1. The third-order valence-electron chi connectivity index (χ3n) is 3.74. The first-order valence-corrected chi connectivity index (χ1v) is 7.60. The van der Waals surface area contributed by atoms with Crippen LogP contribution < -0.4 is 10.4 Å². The fraction of sp³-hybridized carbons (Fsp3) is 0.438. The third kappa shape index (κ3) is 2.55. The van der Waals surface area contributed by atoms with Crippen LogP contribution in [-0.2, 0) is 12.8 Å². The van der Waals surface area contributed by atoms with E-state index in [2.05, 4.69) is 0 Å². The van der Waals surface area contributed by atoms with Crippen molar-refractivity contribution in [1.29, 1.82) is 0 Å². The van der Waals surface area contributed by atoms with Crippen molar-refractivity contribution in [2.45, 2.75) is 32.1 Å². The highest BCUT2D eigenvalue weighted by Gasteiger charge is 2.18. The van der Waals surface area contributed by atoms with Crippen LogP contribution in [-0.4, -0.2) is 12.5 Å². The smallest absolute Gasteiger partial charge is 0.339 e. The van der Waals surface area contributed by atoms with Crippen molar-refractivity contribution in [2.24, 2.45) is 0 Å². The van der Waals surface area contributed by atoms with Gasteiger partial charge in [0.15, 0.2) is 0 Å². The molecule has 1 aliphatic rings. The monoisotopic (exact) mass is 292 g/mol. The van der Waals surface area contributed by atoms with Gasteiger partial charge in [0.1, 0.15) is 11.3 Å². The number of alkyl halides is 1. The molecule has 1 aromatic heterocycles. The lowest BCUT2D eigenvalue weighted by molar-refractivity contribution is 0.318. The summed E-state index contributed by atoms with van der Waals surface area (Å²) in [7, 11) is 0. The Morgan fingerprint density at radius 1 is 1.20 bits per heavy atom.